The Morgan fingerprint density at radius 3 is 2.50 bits per heavy atom. The number of carboxylic acid groups (broad SMARTS) is 1. The van der Waals surface area contributed by atoms with Crippen LogP contribution in [-0.2, 0) is 4.79 Å². The van der Waals surface area contributed by atoms with E-state index in [1.54, 1.807) is 12.1 Å². The van der Waals surface area contributed by atoms with Gasteiger partial charge in [0.15, 0.2) is 6.10 Å². The van der Waals surface area contributed by atoms with Gasteiger partial charge in [0.1, 0.15) is 0 Å². The summed E-state index contributed by atoms with van der Waals surface area (Å²) in [6.07, 6.45) is -1.56. The first kappa shape index (κ1) is 10.7. The van der Waals surface area contributed by atoms with Crippen molar-refractivity contribution in [2.24, 2.45) is 5.73 Å². The van der Waals surface area contributed by atoms with Gasteiger partial charge in [0, 0.05) is 0 Å². The lowest BCUT2D eigenvalue weighted by Crippen LogP contribution is -2.33. The molecule has 76 valence electrons. The molecule has 0 saturated heterocycles. The molecule has 0 saturated carbocycles. The molecule has 0 aliphatic carbocycles. The Hall–Kier alpha value is -1.39. The minimum Gasteiger partial charge on any atom is -0.479 e. The van der Waals surface area contributed by atoms with Crippen LogP contribution in [0.5, 0.6) is 0 Å². The molecule has 0 spiro atoms. The van der Waals surface area contributed by atoms with Crippen LogP contribution in [-0.4, -0.2) is 22.3 Å². The second-order valence-corrected chi connectivity index (χ2v) is 3.17. The molecule has 0 aliphatic rings. The van der Waals surface area contributed by atoms with Crippen LogP contribution in [0.1, 0.15) is 17.2 Å². The Morgan fingerprint density at radius 1 is 1.43 bits per heavy atom. The number of carbonyl (C=O) groups is 1. The SMILES string of the molecule is Cc1ccccc1C(N)C(O)C(=O)O. The molecular formula is C10H13NO3. The average molecular weight is 195 g/mol. The highest BCUT2D eigenvalue weighted by Crippen LogP contribution is 2.18. The third kappa shape index (κ3) is 2.10. The maximum atomic E-state index is 10.5. The molecule has 4 heteroatoms. The maximum absolute atomic E-state index is 10.5. The lowest BCUT2D eigenvalue weighted by molar-refractivity contribution is -0.147. The fourth-order valence-electron chi connectivity index (χ4n) is 1.28. The van der Waals surface area contributed by atoms with E-state index in [1.165, 1.54) is 0 Å². The van der Waals surface area contributed by atoms with E-state index < -0.39 is 18.1 Å². The molecule has 2 unspecified atom stereocenters. The number of benzene rings is 1. The monoisotopic (exact) mass is 195 g/mol. The first-order valence-corrected chi connectivity index (χ1v) is 4.26. The third-order valence-electron chi connectivity index (χ3n) is 2.14. The minimum atomic E-state index is -1.56. The Morgan fingerprint density at radius 2 is 2.00 bits per heavy atom. The van der Waals surface area contributed by atoms with E-state index in [0.717, 1.165) is 5.56 Å². The number of hydrogen-bond acceptors (Lipinski definition) is 3. The second kappa shape index (κ2) is 4.21. The Labute approximate surface area is 82.0 Å². The molecule has 0 heterocycles. The van der Waals surface area contributed by atoms with Crippen LogP contribution in [0.25, 0.3) is 0 Å². The zero-order valence-electron chi connectivity index (χ0n) is 7.84. The second-order valence-electron chi connectivity index (χ2n) is 3.17. The molecule has 2 atom stereocenters. The largest absolute Gasteiger partial charge is 0.479 e. The van der Waals surface area contributed by atoms with Crippen LogP contribution in [0, 0.1) is 6.92 Å². The molecule has 0 radical (unpaired) electrons. The van der Waals surface area contributed by atoms with Crippen molar-refractivity contribution >= 4 is 5.97 Å². The topological polar surface area (TPSA) is 83.5 Å². The quantitative estimate of drug-likeness (QED) is 0.653. The summed E-state index contributed by atoms with van der Waals surface area (Å²) >= 11 is 0. The van der Waals surface area contributed by atoms with Crippen LogP contribution in [0.4, 0.5) is 0 Å². The molecule has 1 aromatic carbocycles. The average Bonchev–Trinajstić information content (AvgIpc) is 2.16. The third-order valence-corrected chi connectivity index (χ3v) is 2.14. The summed E-state index contributed by atoms with van der Waals surface area (Å²) in [4.78, 5) is 10.5. The molecule has 0 amide bonds. The zero-order valence-corrected chi connectivity index (χ0v) is 7.84. The van der Waals surface area contributed by atoms with Crippen molar-refractivity contribution in [3.05, 3.63) is 35.4 Å². The minimum absolute atomic E-state index is 0.655. The molecule has 4 N–H and O–H groups in total. The zero-order chi connectivity index (χ0) is 10.7. The molecule has 0 aliphatic heterocycles. The summed E-state index contributed by atoms with van der Waals surface area (Å²) in [5.74, 6) is -1.30. The van der Waals surface area contributed by atoms with Gasteiger partial charge in [-0.15, -0.1) is 0 Å². The molecule has 0 fully saturated rings. The number of carboxylic acids is 1. The summed E-state index contributed by atoms with van der Waals surface area (Å²) < 4.78 is 0. The van der Waals surface area contributed by atoms with Crippen molar-refractivity contribution in [2.75, 3.05) is 0 Å². The number of aliphatic hydroxyl groups excluding tert-OH is 1. The predicted molar refractivity (Wildman–Crippen MR) is 51.8 cm³/mol. The molecule has 0 bridgehead atoms. The van der Waals surface area contributed by atoms with E-state index in [1.807, 2.05) is 19.1 Å². The normalized spacial score (nSPS) is 14.8. The van der Waals surface area contributed by atoms with Gasteiger partial charge in [-0.25, -0.2) is 4.79 Å². The van der Waals surface area contributed by atoms with E-state index in [-0.39, 0.29) is 0 Å². The van der Waals surface area contributed by atoms with Crippen molar-refractivity contribution in [1.82, 2.24) is 0 Å². The summed E-state index contributed by atoms with van der Waals surface area (Å²) in [7, 11) is 0. The van der Waals surface area contributed by atoms with Crippen molar-refractivity contribution in [3.8, 4) is 0 Å². The van der Waals surface area contributed by atoms with E-state index in [2.05, 4.69) is 0 Å². The van der Waals surface area contributed by atoms with Crippen molar-refractivity contribution in [3.63, 3.8) is 0 Å². The van der Waals surface area contributed by atoms with Crippen LogP contribution in [0.2, 0.25) is 0 Å². The van der Waals surface area contributed by atoms with E-state index in [0.29, 0.717) is 5.56 Å². The number of rotatable bonds is 3. The molecular weight excluding hydrogens is 182 g/mol. The first-order chi connectivity index (χ1) is 6.54. The number of nitrogens with two attached hydrogens (primary N) is 1. The van der Waals surface area contributed by atoms with Gasteiger partial charge in [-0.05, 0) is 18.1 Å². The highest BCUT2D eigenvalue weighted by Gasteiger charge is 2.24. The van der Waals surface area contributed by atoms with Crippen LogP contribution in [0.3, 0.4) is 0 Å². The lowest BCUT2D eigenvalue weighted by Gasteiger charge is -2.17. The van der Waals surface area contributed by atoms with Crippen molar-refractivity contribution in [1.29, 1.82) is 0 Å². The molecule has 1 aromatic rings. The van der Waals surface area contributed by atoms with E-state index in [9.17, 15) is 9.90 Å². The summed E-state index contributed by atoms with van der Waals surface area (Å²) in [6.45, 7) is 1.82. The van der Waals surface area contributed by atoms with Crippen LogP contribution >= 0.6 is 0 Å². The van der Waals surface area contributed by atoms with Gasteiger partial charge in [-0.2, -0.15) is 0 Å². The molecule has 4 nitrogen and oxygen atoms in total. The fraction of sp³-hybridized carbons (Fsp3) is 0.300. The lowest BCUT2D eigenvalue weighted by atomic mass is 9.98. The molecule has 0 aromatic heterocycles. The molecule has 14 heavy (non-hydrogen) atoms. The number of aliphatic carboxylic acids is 1. The fourth-order valence-corrected chi connectivity index (χ4v) is 1.28. The van der Waals surface area contributed by atoms with Gasteiger partial charge >= 0.3 is 5.97 Å². The smallest absolute Gasteiger partial charge is 0.334 e. The predicted octanol–water partition coefficient (Wildman–Crippen LogP) is 0.440. The van der Waals surface area contributed by atoms with Gasteiger partial charge in [-0.3, -0.25) is 0 Å². The van der Waals surface area contributed by atoms with Crippen molar-refractivity contribution in [2.45, 2.75) is 19.1 Å². The maximum Gasteiger partial charge on any atom is 0.334 e. The highest BCUT2D eigenvalue weighted by atomic mass is 16.4. The van der Waals surface area contributed by atoms with Gasteiger partial charge in [0.05, 0.1) is 6.04 Å². The highest BCUT2D eigenvalue weighted by molar-refractivity contribution is 5.73. The van der Waals surface area contributed by atoms with E-state index >= 15 is 0 Å². The van der Waals surface area contributed by atoms with Crippen LogP contribution in [0.15, 0.2) is 24.3 Å². The summed E-state index contributed by atoms with van der Waals surface area (Å²) in [5.41, 5.74) is 7.14. The Bertz CT molecular complexity index is 338. The number of hydrogen-bond donors (Lipinski definition) is 3. The van der Waals surface area contributed by atoms with Crippen LogP contribution < -0.4 is 5.73 Å². The number of aryl methyl sites for hydroxylation is 1. The Balaban J connectivity index is 2.94. The number of aliphatic hydroxyl groups is 1. The summed E-state index contributed by atoms with van der Waals surface area (Å²) in [5, 5.41) is 17.8. The first-order valence-electron chi connectivity index (χ1n) is 4.26. The summed E-state index contributed by atoms with van der Waals surface area (Å²) in [6, 6.07) is 6.25. The molecule has 1 rings (SSSR count). The Kier molecular flexibility index (Phi) is 3.22. The standard InChI is InChI=1S/C10H13NO3/c1-6-4-2-3-5-7(6)8(11)9(12)10(13)14/h2-5,8-9,12H,11H2,1H3,(H,13,14). The van der Waals surface area contributed by atoms with Gasteiger partial charge in [-0.1, -0.05) is 24.3 Å². The van der Waals surface area contributed by atoms with Gasteiger partial charge in [0.25, 0.3) is 0 Å². The van der Waals surface area contributed by atoms with E-state index in [4.69, 9.17) is 10.8 Å². The van der Waals surface area contributed by atoms with Crippen molar-refractivity contribution < 1.29 is 15.0 Å². The van der Waals surface area contributed by atoms with Gasteiger partial charge < -0.3 is 15.9 Å². The van der Waals surface area contributed by atoms with Gasteiger partial charge in [0.2, 0.25) is 0 Å².